The van der Waals surface area contributed by atoms with Crippen molar-refractivity contribution in [2.75, 3.05) is 0 Å². The Morgan fingerprint density at radius 1 is 0.706 bits per heavy atom. The second-order valence-corrected chi connectivity index (χ2v) is 3.79. The predicted molar refractivity (Wildman–Crippen MR) is 65.6 cm³/mol. The molecule has 0 N–H and O–H groups in total. The fourth-order valence-corrected chi connectivity index (χ4v) is 1.51. The van der Waals surface area contributed by atoms with Crippen LogP contribution in [-0.4, -0.2) is 9.97 Å². The van der Waals surface area contributed by atoms with Gasteiger partial charge in [-0.3, -0.25) is 4.98 Å². The minimum Gasteiger partial charge on any atom is -0.256 e. The van der Waals surface area contributed by atoms with Crippen LogP contribution < -0.4 is 4.59 Å². The number of pyridine rings is 2. The van der Waals surface area contributed by atoms with Crippen LogP contribution in [0.25, 0.3) is 10.9 Å². The zero-order valence-corrected chi connectivity index (χ0v) is 9.99. The van der Waals surface area contributed by atoms with Crippen LogP contribution in [0.1, 0.15) is 0 Å². The van der Waals surface area contributed by atoms with Crippen LogP contribution in [0.3, 0.4) is 0 Å². The molecule has 3 aromatic rings. The fourth-order valence-electron chi connectivity index (χ4n) is 1.34. The van der Waals surface area contributed by atoms with E-state index in [9.17, 15) is 0 Å². The van der Waals surface area contributed by atoms with E-state index >= 15 is 0 Å². The van der Waals surface area contributed by atoms with Crippen LogP contribution in [0.5, 0.6) is 0 Å². The maximum Gasteiger partial charge on any atom is 0.0701 e. The molecule has 0 unspecified atom stereocenters. The summed E-state index contributed by atoms with van der Waals surface area (Å²) in [6.07, 6.45) is 3.49. The molecule has 0 saturated carbocycles. The van der Waals surface area contributed by atoms with Crippen molar-refractivity contribution in [2.24, 2.45) is 0 Å². The van der Waals surface area contributed by atoms with Gasteiger partial charge in [-0.15, -0.1) is 0 Å². The Hall–Kier alpha value is -1.70. The minimum absolute atomic E-state index is 0.634. The summed E-state index contributed by atoms with van der Waals surface area (Å²) in [6.45, 7) is 0. The smallest absolute Gasteiger partial charge is 0.0701 e. The van der Waals surface area contributed by atoms with E-state index in [1.807, 2.05) is 42.6 Å². The molecule has 0 aliphatic carbocycles. The SMILES string of the molecule is [Cu][c]1ccccn1.c1ccc2ncccc2c1. The van der Waals surface area contributed by atoms with Gasteiger partial charge in [0.2, 0.25) is 0 Å². The molecule has 3 heteroatoms. The summed E-state index contributed by atoms with van der Waals surface area (Å²) >= 11 is 4.84. The van der Waals surface area contributed by atoms with Gasteiger partial charge in [0.25, 0.3) is 0 Å². The van der Waals surface area contributed by atoms with Gasteiger partial charge in [-0.2, -0.15) is 0 Å². The Morgan fingerprint density at radius 2 is 1.41 bits per heavy atom. The van der Waals surface area contributed by atoms with Gasteiger partial charge in [0.1, 0.15) is 0 Å². The van der Waals surface area contributed by atoms with E-state index in [-0.39, 0.29) is 0 Å². The van der Waals surface area contributed by atoms with Crippen molar-refractivity contribution in [3.63, 3.8) is 0 Å². The van der Waals surface area contributed by atoms with E-state index < -0.39 is 0 Å². The van der Waals surface area contributed by atoms with Crippen molar-refractivity contribution < 1.29 is 16.0 Å². The number of hydrogen-bond acceptors (Lipinski definition) is 2. The van der Waals surface area contributed by atoms with Gasteiger partial charge in [0.15, 0.2) is 0 Å². The molecular formula is C14H11CuN2. The molecule has 0 amide bonds. The van der Waals surface area contributed by atoms with Gasteiger partial charge < -0.3 is 0 Å². The number of aromatic nitrogens is 2. The van der Waals surface area contributed by atoms with Crippen LogP contribution >= 0.6 is 0 Å². The Balaban J connectivity index is 0.000000136. The van der Waals surface area contributed by atoms with Crippen LogP contribution in [0.15, 0.2) is 67.0 Å². The molecule has 1 aromatic carbocycles. The maximum atomic E-state index is 4.84. The molecule has 0 fully saturated rings. The summed E-state index contributed by atoms with van der Waals surface area (Å²) in [5.41, 5.74) is 1.06. The van der Waals surface area contributed by atoms with Crippen molar-refractivity contribution >= 4 is 15.5 Å². The van der Waals surface area contributed by atoms with Crippen molar-refractivity contribution in [1.29, 1.82) is 0 Å². The molecule has 17 heavy (non-hydrogen) atoms. The summed E-state index contributed by atoms with van der Waals surface area (Å²) in [5, 5.41) is 1.20. The third-order valence-electron chi connectivity index (χ3n) is 2.12. The summed E-state index contributed by atoms with van der Waals surface area (Å²) in [7, 11) is 0. The molecule has 0 saturated heterocycles. The second kappa shape index (κ2) is 6.14. The molecule has 0 atom stereocenters. The summed E-state index contributed by atoms with van der Waals surface area (Å²) in [4.78, 5) is 7.97. The van der Waals surface area contributed by atoms with E-state index in [2.05, 4.69) is 22.1 Å². The number of hydrogen-bond donors (Lipinski definition) is 0. The first-order chi connectivity index (χ1) is 8.36. The average Bonchev–Trinajstić information content (AvgIpc) is 2.41. The quantitative estimate of drug-likeness (QED) is 0.587. The Kier molecular flexibility index (Phi) is 4.25. The van der Waals surface area contributed by atoms with Crippen molar-refractivity contribution in [1.82, 2.24) is 9.97 Å². The molecule has 2 aromatic heterocycles. The van der Waals surface area contributed by atoms with E-state index in [1.54, 1.807) is 12.3 Å². The molecule has 0 aliphatic heterocycles. The first-order valence-electron chi connectivity index (χ1n) is 5.19. The van der Waals surface area contributed by atoms with E-state index in [1.165, 1.54) is 5.39 Å². The number of fused-ring (bicyclic) bond motifs is 1. The van der Waals surface area contributed by atoms with Gasteiger partial charge >= 0.3 is 50.0 Å². The first-order valence-corrected chi connectivity index (χ1v) is 5.66. The normalized spacial score (nSPS) is 9.53. The van der Waals surface area contributed by atoms with E-state index in [0.29, 0.717) is 4.59 Å². The Labute approximate surface area is 109 Å². The van der Waals surface area contributed by atoms with Gasteiger partial charge in [-0.1, -0.05) is 24.3 Å². The molecule has 0 spiro atoms. The largest absolute Gasteiger partial charge is 0.256 e. The number of nitrogens with zero attached hydrogens (tertiary/aromatic N) is 2. The van der Waals surface area contributed by atoms with Crippen LogP contribution in [0, 0.1) is 0 Å². The summed E-state index contributed by atoms with van der Waals surface area (Å²) in [6, 6.07) is 17.6. The molecule has 0 radical (unpaired) electrons. The van der Waals surface area contributed by atoms with Crippen molar-refractivity contribution in [2.45, 2.75) is 0 Å². The standard InChI is InChI=1S/C9H7N.C5H4N.Cu/c1-2-6-9-8(4-1)5-3-7-10-9;1-2-4-6-5-3-1;/h1-7H;1-4H;. The molecule has 88 valence electrons. The zero-order chi connectivity index (χ0) is 11.9. The number of benzene rings is 1. The van der Waals surface area contributed by atoms with Gasteiger partial charge in [0, 0.05) is 11.6 Å². The Morgan fingerprint density at radius 3 is 2.06 bits per heavy atom. The molecule has 0 bridgehead atoms. The van der Waals surface area contributed by atoms with Crippen molar-refractivity contribution in [3.8, 4) is 0 Å². The van der Waals surface area contributed by atoms with Gasteiger partial charge in [-0.25, -0.2) is 0 Å². The van der Waals surface area contributed by atoms with Crippen LogP contribution in [0.4, 0.5) is 0 Å². The topological polar surface area (TPSA) is 25.8 Å². The van der Waals surface area contributed by atoms with Crippen LogP contribution in [-0.2, 0) is 16.0 Å². The van der Waals surface area contributed by atoms with Crippen molar-refractivity contribution in [3.05, 3.63) is 67.0 Å². The molecule has 2 heterocycles. The average molecular weight is 271 g/mol. The number of para-hydroxylation sites is 1. The van der Waals surface area contributed by atoms with Gasteiger partial charge in [-0.05, 0) is 12.1 Å². The number of rotatable bonds is 0. The summed E-state index contributed by atoms with van der Waals surface area (Å²) in [5.74, 6) is 0. The van der Waals surface area contributed by atoms with Gasteiger partial charge in [0.05, 0.1) is 5.52 Å². The predicted octanol–water partition coefficient (Wildman–Crippen LogP) is 2.49. The Bertz CT molecular complexity index is 516. The molecule has 3 rings (SSSR count). The third-order valence-corrected chi connectivity index (χ3v) is 2.40. The first kappa shape index (κ1) is 11.8. The fraction of sp³-hybridized carbons (Fsp3) is 0. The minimum atomic E-state index is 0.634. The van der Waals surface area contributed by atoms with Crippen LogP contribution in [0.2, 0.25) is 0 Å². The van der Waals surface area contributed by atoms with E-state index in [4.69, 9.17) is 16.0 Å². The van der Waals surface area contributed by atoms with E-state index in [0.717, 1.165) is 5.52 Å². The monoisotopic (exact) mass is 270 g/mol. The maximum absolute atomic E-state index is 4.84. The molecule has 2 nitrogen and oxygen atoms in total. The zero-order valence-electron chi connectivity index (χ0n) is 9.05. The molecular weight excluding hydrogens is 260 g/mol. The summed E-state index contributed by atoms with van der Waals surface area (Å²) < 4.78 is 0.634. The second-order valence-electron chi connectivity index (χ2n) is 3.31. The molecule has 0 aliphatic rings. The third kappa shape index (κ3) is 3.66.